The molecule has 4 amide bonds. The van der Waals surface area contributed by atoms with Crippen LogP contribution >= 0.6 is 11.3 Å². The number of amides is 4. The number of fused-ring (bicyclic) bond motifs is 3. The molecule has 3 atom stereocenters. The minimum atomic E-state index is -0.770. The maximum atomic E-state index is 14.4. The van der Waals surface area contributed by atoms with E-state index < -0.39 is 12.2 Å². The molecule has 2 aromatic carbocycles. The summed E-state index contributed by atoms with van der Waals surface area (Å²) in [5, 5.41) is 7.88. The predicted molar refractivity (Wildman–Crippen MR) is 184 cm³/mol. The Morgan fingerprint density at radius 1 is 1.23 bits per heavy atom. The molecule has 4 heterocycles. The van der Waals surface area contributed by atoms with Crippen LogP contribution in [-0.2, 0) is 27.3 Å². The van der Waals surface area contributed by atoms with Crippen molar-refractivity contribution >= 4 is 55.5 Å². The number of aromatic nitrogens is 1. The number of carbonyl (C=O) groups excluding carboxylic acids is 3. The van der Waals surface area contributed by atoms with Crippen LogP contribution in [0.2, 0.25) is 0 Å². The molecule has 0 saturated carbocycles. The molecule has 13 heteroatoms. The Kier molecular flexibility index (Phi) is 8.67. The Labute approximate surface area is 282 Å². The Hall–Kier alpha value is -4.72. The molecule has 12 nitrogen and oxygen atoms in total. The molecule has 48 heavy (non-hydrogen) atoms. The lowest BCUT2D eigenvalue weighted by atomic mass is 9.99. The first-order valence-electron chi connectivity index (χ1n) is 16.1. The number of nitrogens with zero attached hydrogens (tertiary/aromatic N) is 5. The van der Waals surface area contributed by atoms with Crippen molar-refractivity contribution in [2.75, 3.05) is 32.5 Å². The number of nitrogen functional groups attached to an aromatic ring is 1. The topological polar surface area (TPSA) is 137 Å². The number of urea groups is 1. The zero-order valence-corrected chi connectivity index (χ0v) is 28.0. The van der Waals surface area contributed by atoms with Gasteiger partial charge in [0.15, 0.2) is 5.13 Å². The molecule has 2 fully saturated rings. The van der Waals surface area contributed by atoms with Crippen LogP contribution in [0.25, 0.3) is 21.2 Å². The van der Waals surface area contributed by atoms with Gasteiger partial charge in [0.2, 0.25) is 11.8 Å². The summed E-state index contributed by atoms with van der Waals surface area (Å²) < 4.78 is 11.9. The van der Waals surface area contributed by atoms with Crippen molar-refractivity contribution in [1.82, 2.24) is 30.1 Å². The Balaban J connectivity index is 1.19. The largest absolute Gasteiger partial charge is 0.464 e. The highest BCUT2D eigenvalue weighted by Crippen LogP contribution is 2.33. The second-order valence-corrected chi connectivity index (χ2v) is 13.7. The molecule has 250 valence electrons. The zero-order chi connectivity index (χ0) is 33.5. The van der Waals surface area contributed by atoms with Crippen molar-refractivity contribution in [2.24, 2.45) is 0 Å². The van der Waals surface area contributed by atoms with E-state index in [1.165, 1.54) is 11.3 Å². The second-order valence-electron chi connectivity index (χ2n) is 12.7. The van der Waals surface area contributed by atoms with E-state index in [9.17, 15) is 14.4 Å². The SMILES string of the molecule is COC1C=CC(CNC(=O)N(C(C)C)N2CC(=O)N3[C@@H](Cc4ccc5occc5c4)C(=O)N(Cc4cccc5sc(N)nc45)C[C@@H]32)=CC1. The van der Waals surface area contributed by atoms with Crippen LogP contribution in [0.15, 0.2) is 76.9 Å². The van der Waals surface area contributed by atoms with Crippen molar-refractivity contribution in [3.05, 3.63) is 83.7 Å². The van der Waals surface area contributed by atoms with Crippen LogP contribution in [-0.4, -0.2) is 93.7 Å². The fourth-order valence-corrected chi connectivity index (χ4v) is 7.73. The highest BCUT2D eigenvalue weighted by molar-refractivity contribution is 7.22. The zero-order valence-electron chi connectivity index (χ0n) is 27.2. The maximum absolute atomic E-state index is 14.4. The van der Waals surface area contributed by atoms with Gasteiger partial charge in [-0.3, -0.25) is 14.6 Å². The van der Waals surface area contributed by atoms with Gasteiger partial charge in [0.25, 0.3) is 0 Å². The number of piperazine rings is 1. The number of ether oxygens (including phenoxy) is 1. The lowest BCUT2D eigenvalue weighted by Crippen LogP contribution is -2.66. The number of anilines is 1. The summed E-state index contributed by atoms with van der Waals surface area (Å²) in [5.74, 6) is -0.348. The van der Waals surface area contributed by atoms with Crippen molar-refractivity contribution in [3.63, 3.8) is 0 Å². The van der Waals surface area contributed by atoms with Crippen LogP contribution < -0.4 is 11.1 Å². The molecule has 2 saturated heterocycles. The van der Waals surface area contributed by atoms with Crippen molar-refractivity contribution < 1.29 is 23.5 Å². The number of hydrogen-bond acceptors (Lipinski definition) is 9. The molecular weight excluding hydrogens is 630 g/mol. The number of rotatable bonds is 9. The molecule has 0 spiro atoms. The normalized spacial score (nSPS) is 21.4. The molecule has 2 aromatic heterocycles. The minimum absolute atomic E-state index is 0.0228. The molecule has 4 aromatic rings. The molecule has 2 aliphatic heterocycles. The maximum Gasteiger partial charge on any atom is 0.332 e. The number of methoxy groups -OCH3 is 1. The highest BCUT2D eigenvalue weighted by Gasteiger charge is 2.52. The molecular formula is C35H39N7O5S. The summed E-state index contributed by atoms with van der Waals surface area (Å²) in [5.41, 5.74) is 10.3. The fourth-order valence-electron chi connectivity index (χ4n) is 6.94. The summed E-state index contributed by atoms with van der Waals surface area (Å²) in [6, 6.07) is 12.2. The number of carbonyl (C=O) groups is 3. The van der Waals surface area contributed by atoms with Gasteiger partial charge in [-0.05, 0) is 61.2 Å². The third-order valence-electron chi connectivity index (χ3n) is 9.25. The number of hydrazine groups is 1. The molecule has 3 N–H and O–H groups in total. The fraction of sp³-hybridized carbons (Fsp3) is 0.371. The summed E-state index contributed by atoms with van der Waals surface area (Å²) in [6.45, 7) is 4.68. The number of benzene rings is 2. The van der Waals surface area contributed by atoms with Gasteiger partial charge in [-0.15, -0.1) is 0 Å². The molecule has 7 rings (SSSR count). The van der Waals surface area contributed by atoms with Crippen LogP contribution in [0, 0.1) is 0 Å². The lowest BCUT2D eigenvalue weighted by molar-refractivity contribution is -0.158. The first-order valence-corrected chi connectivity index (χ1v) is 17.0. The van der Waals surface area contributed by atoms with Gasteiger partial charge >= 0.3 is 6.03 Å². The first kappa shape index (κ1) is 31.9. The molecule has 0 radical (unpaired) electrons. The average Bonchev–Trinajstić information content (AvgIpc) is 3.78. The van der Waals surface area contributed by atoms with Crippen LogP contribution in [0.5, 0.6) is 0 Å². The van der Waals surface area contributed by atoms with E-state index in [4.69, 9.17) is 14.9 Å². The molecule has 1 unspecified atom stereocenters. The van der Waals surface area contributed by atoms with Gasteiger partial charge in [-0.25, -0.2) is 9.78 Å². The number of para-hydroxylation sites is 1. The van der Waals surface area contributed by atoms with Crippen LogP contribution in [0.4, 0.5) is 9.93 Å². The quantitative estimate of drug-likeness (QED) is 0.270. The standard InChI is InChI=1S/C35H39N7O5S/c1-21(2)42(35(45)37-17-22-7-10-26(46-3)11-8-22)40-20-31(43)41-27(16-23-9-12-28-24(15-23)13-14-47-28)33(44)39(19-30(40)41)18-25-5-4-6-29-32(25)38-34(36)48-29/h4-10,12-15,21,26-27,30H,11,16-20H2,1-3H3,(H2,36,38)(H,37,45)/t26?,27-,30+/m0/s1. The van der Waals surface area contributed by atoms with E-state index in [0.717, 1.165) is 44.3 Å². The molecule has 1 aliphatic carbocycles. The number of thiazole rings is 1. The number of furan rings is 1. The minimum Gasteiger partial charge on any atom is -0.464 e. The van der Waals surface area contributed by atoms with E-state index >= 15 is 0 Å². The molecule has 0 bridgehead atoms. The van der Waals surface area contributed by atoms with E-state index in [1.54, 1.807) is 28.2 Å². The third-order valence-corrected chi connectivity index (χ3v) is 10.1. The van der Waals surface area contributed by atoms with Gasteiger partial charge in [-0.1, -0.05) is 47.8 Å². The van der Waals surface area contributed by atoms with Crippen LogP contribution in [0.1, 0.15) is 31.4 Å². The van der Waals surface area contributed by atoms with E-state index in [0.29, 0.717) is 24.6 Å². The predicted octanol–water partition coefficient (Wildman–Crippen LogP) is 4.28. The Bertz CT molecular complexity index is 1930. The molecule has 3 aliphatic rings. The van der Waals surface area contributed by atoms with E-state index in [1.807, 2.05) is 73.5 Å². The van der Waals surface area contributed by atoms with Gasteiger partial charge in [0, 0.05) is 38.0 Å². The summed E-state index contributed by atoms with van der Waals surface area (Å²) in [4.78, 5) is 50.1. The van der Waals surface area contributed by atoms with E-state index in [-0.39, 0.29) is 43.1 Å². The van der Waals surface area contributed by atoms with Crippen molar-refractivity contribution in [1.29, 1.82) is 0 Å². The Morgan fingerprint density at radius 3 is 2.85 bits per heavy atom. The van der Waals surface area contributed by atoms with Crippen LogP contribution in [0.3, 0.4) is 0 Å². The summed E-state index contributed by atoms with van der Waals surface area (Å²) in [6.07, 6.45) is 8.17. The monoisotopic (exact) mass is 669 g/mol. The average molecular weight is 670 g/mol. The summed E-state index contributed by atoms with van der Waals surface area (Å²) in [7, 11) is 1.68. The number of nitrogens with one attached hydrogen (secondary N) is 1. The van der Waals surface area contributed by atoms with Gasteiger partial charge in [-0.2, -0.15) is 5.01 Å². The van der Waals surface area contributed by atoms with Gasteiger partial charge in [0.05, 0.1) is 35.7 Å². The first-order chi connectivity index (χ1) is 23.2. The second kappa shape index (κ2) is 13.1. The van der Waals surface area contributed by atoms with Crippen molar-refractivity contribution in [3.8, 4) is 0 Å². The van der Waals surface area contributed by atoms with Gasteiger partial charge < -0.3 is 30.0 Å². The van der Waals surface area contributed by atoms with E-state index in [2.05, 4.69) is 16.4 Å². The third kappa shape index (κ3) is 6.04. The number of hydrogen-bond donors (Lipinski definition) is 2. The highest BCUT2D eigenvalue weighted by atomic mass is 32.1. The summed E-state index contributed by atoms with van der Waals surface area (Å²) >= 11 is 1.40. The Morgan fingerprint density at radius 2 is 2.08 bits per heavy atom. The lowest BCUT2D eigenvalue weighted by Gasteiger charge is -2.47. The van der Waals surface area contributed by atoms with Crippen molar-refractivity contribution in [2.45, 2.75) is 57.6 Å². The number of nitrogens with two attached hydrogens (primary N) is 1. The smallest absolute Gasteiger partial charge is 0.332 e. The van der Waals surface area contributed by atoms with Gasteiger partial charge in [0.1, 0.15) is 17.8 Å².